The molecule has 1 aliphatic rings. The Morgan fingerprint density at radius 1 is 1.25 bits per heavy atom. The second kappa shape index (κ2) is 7.66. The highest BCUT2D eigenvalue weighted by Gasteiger charge is 2.17. The van der Waals surface area contributed by atoms with Gasteiger partial charge in [0.1, 0.15) is 0 Å². The maximum Gasteiger partial charge on any atom is 0.317 e. The number of nitrogens with zero attached hydrogens (tertiary/aromatic N) is 1. The molecule has 3 nitrogen and oxygen atoms in total. The molecule has 0 aliphatic heterocycles. The Labute approximate surface area is 98.8 Å². The number of carboxylic acids is 1. The molecular weight excluding hydrogens is 202 g/mol. The van der Waals surface area contributed by atoms with Crippen LogP contribution in [0, 0.1) is 5.92 Å². The van der Waals surface area contributed by atoms with E-state index in [1.165, 1.54) is 38.5 Å². The lowest BCUT2D eigenvalue weighted by atomic mass is 9.99. The molecule has 16 heavy (non-hydrogen) atoms. The predicted molar refractivity (Wildman–Crippen MR) is 65.6 cm³/mol. The average Bonchev–Trinajstić information content (AvgIpc) is 2.45. The third kappa shape index (κ3) is 5.50. The van der Waals surface area contributed by atoms with Crippen LogP contribution in [0.2, 0.25) is 0 Å². The van der Waals surface area contributed by atoms with Gasteiger partial charge in [0.2, 0.25) is 0 Å². The fraction of sp³-hybridized carbons (Fsp3) is 0.923. The Balaban J connectivity index is 2.35. The summed E-state index contributed by atoms with van der Waals surface area (Å²) in [7, 11) is 0. The molecule has 0 radical (unpaired) electrons. The van der Waals surface area contributed by atoms with Gasteiger partial charge in [-0.2, -0.15) is 0 Å². The molecule has 1 saturated carbocycles. The van der Waals surface area contributed by atoms with Gasteiger partial charge in [-0.05, 0) is 31.7 Å². The van der Waals surface area contributed by atoms with E-state index < -0.39 is 5.97 Å². The average molecular weight is 227 g/mol. The first-order valence-corrected chi connectivity index (χ1v) is 6.66. The fourth-order valence-electron chi connectivity index (χ4n) is 2.65. The molecule has 0 bridgehead atoms. The molecule has 0 unspecified atom stereocenters. The minimum absolute atomic E-state index is 0.213. The van der Waals surface area contributed by atoms with Gasteiger partial charge in [0.15, 0.2) is 0 Å². The van der Waals surface area contributed by atoms with Crippen molar-refractivity contribution in [3.05, 3.63) is 0 Å². The zero-order chi connectivity index (χ0) is 11.8. The first kappa shape index (κ1) is 13.5. The molecule has 0 atom stereocenters. The van der Waals surface area contributed by atoms with Crippen molar-refractivity contribution >= 4 is 5.97 Å². The lowest BCUT2D eigenvalue weighted by molar-refractivity contribution is -0.138. The number of carbonyl (C=O) groups is 1. The first-order chi connectivity index (χ1) is 7.72. The van der Waals surface area contributed by atoms with E-state index in [-0.39, 0.29) is 6.54 Å². The Kier molecular flexibility index (Phi) is 6.46. The van der Waals surface area contributed by atoms with Crippen LogP contribution in [-0.2, 0) is 4.79 Å². The molecule has 0 heterocycles. The number of rotatable bonds is 6. The molecular formula is C13H25NO2. The summed E-state index contributed by atoms with van der Waals surface area (Å²) in [5.41, 5.74) is 0. The summed E-state index contributed by atoms with van der Waals surface area (Å²) in [6.45, 7) is 4.23. The van der Waals surface area contributed by atoms with Crippen molar-refractivity contribution in [2.24, 2.45) is 5.92 Å². The summed E-state index contributed by atoms with van der Waals surface area (Å²) in [6, 6.07) is 0. The smallest absolute Gasteiger partial charge is 0.317 e. The van der Waals surface area contributed by atoms with Crippen molar-refractivity contribution in [2.45, 2.75) is 51.9 Å². The van der Waals surface area contributed by atoms with Crippen LogP contribution < -0.4 is 0 Å². The van der Waals surface area contributed by atoms with E-state index in [4.69, 9.17) is 5.11 Å². The van der Waals surface area contributed by atoms with Gasteiger partial charge >= 0.3 is 5.97 Å². The van der Waals surface area contributed by atoms with E-state index in [0.717, 1.165) is 25.4 Å². The molecule has 1 aliphatic carbocycles. The standard InChI is InChI=1S/C13H25NO2/c1-2-9-14(11-13(15)16)10-12-7-5-3-4-6-8-12/h12H,2-11H2,1H3,(H,15,16). The zero-order valence-corrected chi connectivity index (χ0v) is 10.5. The summed E-state index contributed by atoms with van der Waals surface area (Å²) < 4.78 is 0. The Morgan fingerprint density at radius 3 is 2.38 bits per heavy atom. The third-order valence-corrected chi connectivity index (χ3v) is 3.39. The van der Waals surface area contributed by atoms with Crippen molar-refractivity contribution in [2.75, 3.05) is 19.6 Å². The van der Waals surface area contributed by atoms with Crippen LogP contribution in [0.25, 0.3) is 0 Å². The molecule has 3 heteroatoms. The normalized spacial score (nSPS) is 18.6. The van der Waals surface area contributed by atoms with Crippen LogP contribution in [0.15, 0.2) is 0 Å². The minimum Gasteiger partial charge on any atom is -0.480 e. The predicted octanol–water partition coefficient (Wildman–Crippen LogP) is 2.75. The van der Waals surface area contributed by atoms with Gasteiger partial charge in [0.05, 0.1) is 6.54 Å². The summed E-state index contributed by atoms with van der Waals surface area (Å²) >= 11 is 0. The fourth-order valence-corrected chi connectivity index (χ4v) is 2.65. The lowest BCUT2D eigenvalue weighted by Gasteiger charge is -2.25. The number of aliphatic carboxylic acids is 1. The summed E-state index contributed by atoms with van der Waals surface area (Å²) in [4.78, 5) is 12.9. The quantitative estimate of drug-likeness (QED) is 0.709. The highest BCUT2D eigenvalue weighted by atomic mass is 16.4. The monoisotopic (exact) mass is 227 g/mol. The highest BCUT2D eigenvalue weighted by Crippen LogP contribution is 2.23. The largest absolute Gasteiger partial charge is 0.480 e. The Bertz CT molecular complexity index is 198. The van der Waals surface area contributed by atoms with Crippen molar-refractivity contribution in [3.8, 4) is 0 Å². The summed E-state index contributed by atoms with van der Waals surface area (Å²) in [5, 5.41) is 8.85. The second-order valence-electron chi connectivity index (χ2n) is 4.99. The molecule has 0 aromatic rings. The molecule has 0 spiro atoms. The van der Waals surface area contributed by atoms with Gasteiger partial charge < -0.3 is 5.11 Å². The number of hydrogen-bond donors (Lipinski definition) is 1. The summed E-state index contributed by atoms with van der Waals surface area (Å²) in [6.07, 6.45) is 9.02. The molecule has 1 fully saturated rings. The lowest BCUT2D eigenvalue weighted by Crippen LogP contribution is -2.34. The second-order valence-corrected chi connectivity index (χ2v) is 4.99. The van der Waals surface area contributed by atoms with Crippen LogP contribution in [0.4, 0.5) is 0 Å². The van der Waals surface area contributed by atoms with Gasteiger partial charge in [-0.1, -0.05) is 32.6 Å². The van der Waals surface area contributed by atoms with Gasteiger partial charge in [-0.15, -0.1) is 0 Å². The van der Waals surface area contributed by atoms with Crippen molar-refractivity contribution in [1.82, 2.24) is 4.90 Å². The molecule has 0 aromatic heterocycles. The van der Waals surface area contributed by atoms with Gasteiger partial charge in [-0.3, -0.25) is 9.69 Å². The van der Waals surface area contributed by atoms with Crippen molar-refractivity contribution in [1.29, 1.82) is 0 Å². The number of hydrogen-bond acceptors (Lipinski definition) is 2. The molecule has 1 rings (SSSR count). The molecule has 0 amide bonds. The zero-order valence-electron chi connectivity index (χ0n) is 10.5. The molecule has 94 valence electrons. The molecule has 1 N–H and O–H groups in total. The van der Waals surface area contributed by atoms with Crippen LogP contribution in [0.1, 0.15) is 51.9 Å². The number of carboxylic acid groups (broad SMARTS) is 1. The van der Waals surface area contributed by atoms with Crippen LogP contribution in [0.5, 0.6) is 0 Å². The Morgan fingerprint density at radius 2 is 1.88 bits per heavy atom. The van der Waals surface area contributed by atoms with E-state index >= 15 is 0 Å². The van der Waals surface area contributed by atoms with Crippen LogP contribution in [0.3, 0.4) is 0 Å². The minimum atomic E-state index is -0.693. The highest BCUT2D eigenvalue weighted by molar-refractivity contribution is 5.69. The molecule has 0 saturated heterocycles. The van der Waals surface area contributed by atoms with Gasteiger partial charge in [0, 0.05) is 6.54 Å². The topological polar surface area (TPSA) is 40.5 Å². The Hall–Kier alpha value is -0.570. The third-order valence-electron chi connectivity index (χ3n) is 3.39. The van der Waals surface area contributed by atoms with Gasteiger partial charge in [0.25, 0.3) is 0 Å². The molecule has 0 aromatic carbocycles. The van der Waals surface area contributed by atoms with Crippen LogP contribution in [-0.4, -0.2) is 35.6 Å². The van der Waals surface area contributed by atoms with E-state index in [0.29, 0.717) is 0 Å². The van der Waals surface area contributed by atoms with E-state index in [9.17, 15) is 4.79 Å². The maximum absolute atomic E-state index is 10.8. The first-order valence-electron chi connectivity index (χ1n) is 6.66. The van der Waals surface area contributed by atoms with Gasteiger partial charge in [-0.25, -0.2) is 0 Å². The SMILES string of the molecule is CCCN(CC(=O)O)CC1CCCCCC1. The van der Waals surface area contributed by atoms with E-state index in [1.807, 2.05) is 0 Å². The van der Waals surface area contributed by atoms with E-state index in [2.05, 4.69) is 11.8 Å². The maximum atomic E-state index is 10.8. The van der Waals surface area contributed by atoms with Crippen LogP contribution >= 0.6 is 0 Å². The summed E-state index contributed by atoms with van der Waals surface area (Å²) in [5.74, 6) is 0.0375. The van der Waals surface area contributed by atoms with E-state index in [1.54, 1.807) is 0 Å². The van der Waals surface area contributed by atoms with Crippen molar-refractivity contribution < 1.29 is 9.90 Å². The van der Waals surface area contributed by atoms with Crippen molar-refractivity contribution in [3.63, 3.8) is 0 Å².